The molecule has 0 aromatic heterocycles. The van der Waals surface area contributed by atoms with Gasteiger partial charge in [-0.3, -0.25) is 14.4 Å². The van der Waals surface area contributed by atoms with Gasteiger partial charge in [0.15, 0.2) is 17.7 Å². The summed E-state index contributed by atoms with van der Waals surface area (Å²) in [5.41, 5.74) is -7.18. The number of ketones is 2. The summed E-state index contributed by atoms with van der Waals surface area (Å²) in [4.78, 5) is 65.3. The van der Waals surface area contributed by atoms with E-state index in [-0.39, 0.29) is 41.7 Å². The molecule has 2 heterocycles. The Bertz CT molecular complexity index is 1950. The monoisotopic (exact) mass is 680 g/mol. The van der Waals surface area contributed by atoms with Gasteiger partial charge in [-0.25, -0.2) is 9.59 Å². The van der Waals surface area contributed by atoms with E-state index in [4.69, 9.17) is 23.7 Å². The van der Waals surface area contributed by atoms with Crippen LogP contribution in [0.25, 0.3) is 22.6 Å². The molecule has 5 N–H and O–H groups in total. The van der Waals surface area contributed by atoms with Crippen molar-refractivity contribution in [3.8, 4) is 34.1 Å². The van der Waals surface area contributed by atoms with Crippen molar-refractivity contribution in [2.45, 2.75) is 63.4 Å². The number of phenolic OH excluding ortho intramolecular Hbond substituents is 2. The summed E-state index contributed by atoms with van der Waals surface area (Å²) in [6.45, 7) is 4.06. The number of hydrogen-bond acceptors (Lipinski definition) is 15. The van der Waals surface area contributed by atoms with E-state index in [2.05, 4.69) is 0 Å². The largest absolute Gasteiger partial charge is 0.507 e. The molecule has 0 amide bonds. The number of fused-ring (bicyclic) bond motifs is 4. The van der Waals surface area contributed by atoms with Crippen molar-refractivity contribution < 1.29 is 73.2 Å². The highest BCUT2D eigenvalue weighted by Gasteiger charge is 2.64. The Morgan fingerprint density at radius 2 is 1.49 bits per heavy atom. The van der Waals surface area contributed by atoms with Crippen LogP contribution < -0.4 is 9.47 Å². The Labute approximate surface area is 277 Å². The quantitative estimate of drug-likeness (QED) is 0.231. The summed E-state index contributed by atoms with van der Waals surface area (Å²) in [7, 11) is 2.01. The van der Waals surface area contributed by atoms with Crippen LogP contribution in [0, 0.1) is 12.8 Å². The van der Waals surface area contributed by atoms with Crippen molar-refractivity contribution in [3.05, 3.63) is 46.0 Å². The Morgan fingerprint density at radius 1 is 0.878 bits per heavy atom. The highest BCUT2D eigenvalue weighted by molar-refractivity contribution is 6.14. The van der Waals surface area contributed by atoms with Crippen molar-refractivity contribution >= 4 is 41.0 Å². The molecule has 15 heteroatoms. The Balaban J connectivity index is 1.64. The summed E-state index contributed by atoms with van der Waals surface area (Å²) in [5, 5.41) is 57.2. The van der Waals surface area contributed by atoms with E-state index in [0.717, 1.165) is 27.2 Å². The lowest BCUT2D eigenvalue weighted by Crippen LogP contribution is -2.64. The van der Waals surface area contributed by atoms with Gasteiger partial charge in [0.1, 0.15) is 51.7 Å². The van der Waals surface area contributed by atoms with Crippen LogP contribution in [0.5, 0.6) is 23.0 Å². The van der Waals surface area contributed by atoms with E-state index >= 15 is 0 Å². The number of carbonyl (C=O) groups is 5. The molecule has 2 aliphatic heterocycles. The zero-order valence-corrected chi connectivity index (χ0v) is 26.9. The maximum atomic E-state index is 13.4. The molecule has 5 atom stereocenters. The van der Waals surface area contributed by atoms with Gasteiger partial charge >= 0.3 is 17.9 Å². The first kappa shape index (κ1) is 33.3. The Kier molecular flexibility index (Phi) is 7.66. The summed E-state index contributed by atoms with van der Waals surface area (Å²) >= 11 is 0. The SMILES string of the molecule is COC(=O)[C@@]12Oc3cc(C)c(-c4ccc(O)c5c4O[C@]4(C(=O)OC)C(=C5O)C(=O)C[C@H](C)[C@@H]4O)c(O)c3C(O)=C1C(=O)CC[C@@H]2OC(C)=O. The standard InChI is InChI=1S/C34H32O15/c1-12-11-19-23(28(41)24-17(37)8-9-20(47-14(3)35)33(24,48-19)31(43)45-4)26(39)21(12)15-6-7-16(36)22-27(40)25-18(38)10-13(2)30(42)34(25,32(44)46-5)49-29(15)22/h6-7,11,13,20,30,36,39-42H,8-10H2,1-5H3/t13-,20-,30-,33-,34+/m0/s1. The van der Waals surface area contributed by atoms with E-state index in [1.54, 1.807) is 0 Å². The molecule has 2 saturated carbocycles. The average molecular weight is 681 g/mol. The van der Waals surface area contributed by atoms with Crippen molar-refractivity contribution in [2.75, 3.05) is 14.2 Å². The second-order valence-corrected chi connectivity index (χ2v) is 12.3. The van der Waals surface area contributed by atoms with Crippen molar-refractivity contribution in [1.29, 1.82) is 0 Å². The minimum Gasteiger partial charge on any atom is -0.507 e. The number of methoxy groups -OCH3 is 2. The minimum absolute atomic E-state index is 0.104. The number of rotatable bonds is 4. The van der Waals surface area contributed by atoms with Gasteiger partial charge in [-0.2, -0.15) is 0 Å². The van der Waals surface area contributed by atoms with Crippen LogP contribution in [-0.4, -0.2) is 92.6 Å². The van der Waals surface area contributed by atoms with Crippen LogP contribution in [0.4, 0.5) is 0 Å². The van der Waals surface area contributed by atoms with Crippen molar-refractivity contribution in [2.24, 2.45) is 5.92 Å². The number of hydrogen-bond donors (Lipinski definition) is 5. The Hall–Kier alpha value is -5.57. The van der Waals surface area contributed by atoms with Crippen molar-refractivity contribution in [1.82, 2.24) is 0 Å². The molecule has 2 fully saturated rings. The first-order valence-electron chi connectivity index (χ1n) is 15.2. The van der Waals surface area contributed by atoms with E-state index < -0.39 is 110 Å². The zero-order chi connectivity index (χ0) is 35.9. The fourth-order valence-corrected chi connectivity index (χ4v) is 7.36. The number of phenols is 2. The van der Waals surface area contributed by atoms with E-state index in [9.17, 15) is 49.5 Å². The summed E-state index contributed by atoms with van der Waals surface area (Å²) in [5.74, 6) is -9.31. The number of esters is 3. The van der Waals surface area contributed by atoms with Crippen LogP contribution in [0.3, 0.4) is 0 Å². The first-order valence-corrected chi connectivity index (χ1v) is 15.2. The van der Waals surface area contributed by atoms with Crippen molar-refractivity contribution in [3.63, 3.8) is 0 Å². The number of aryl methyl sites for hydroxylation is 1. The van der Waals surface area contributed by atoms with Crippen LogP contribution >= 0.6 is 0 Å². The van der Waals surface area contributed by atoms with Gasteiger partial charge in [-0.1, -0.05) is 6.92 Å². The molecule has 0 unspecified atom stereocenters. The summed E-state index contributed by atoms with van der Waals surface area (Å²) in [6.07, 6.45) is -3.79. The molecule has 2 aromatic carbocycles. The number of benzene rings is 2. The number of ether oxygens (including phenoxy) is 5. The fraction of sp³-hybridized carbons (Fsp3) is 0.382. The summed E-state index contributed by atoms with van der Waals surface area (Å²) < 4.78 is 27.5. The normalized spacial score (nSPS) is 27.1. The van der Waals surface area contributed by atoms with E-state index in [0.29, 0.717) is 0 Å². The molecule has 15 nitrogen and oxygen atoms in total. The smallest absolute Gasteiger partial charge is 0.359 e. The van der Waals surface area contributed by atoms with Crippen LogP contribution in [0.15, 0.2) is 29.3 Å². The third-order valence-corrected chi connectivity index (χ3v) is 9.48. The fourth-order valence-electron chi connectivity index (χ4n) is 7.36. The maximum absolute atomic E-state index is 13.4. The molecular formula is C34H32O15. The molecule has 0 bridgehead atoms. The van der Waals surface area contributed by atoms with Gasteiger partial charge in [0.25, 0.3) is 11.2 Å². The lowest BCUT2D eigenvalue weighted by Gasteiger charge is -2.45. The van der Waals surface area contributed by atoms with Gasteiger partial charge in [-0.05, 0) is 43.0 Å². The molecule has 4 aliphatic rings. The van der Waals surface area contributed by atoms with Crippen LogP contribution in [-0.2, 0) is 38.2 Å². The molecular weight excluding hydrogens is 648 g/mol. The lowest BCUT2D eigenvalue weighted by molar-refractivity contribution is -0.179. The number of carbonyl (C=O) groups excluding carboxylic acids is 5. The molecule has 2 aromatic rings. The maximum Gasteiger partial charge on any atom is 0.359 e. The molecule has 0 saturated heterocycles. The second kappa shape index (κ2) is 11.3. The summed E-state index contributed by atoms with van der Waals surface area (Å²) in [6, 6.07) is 3.67. The third kappa shape index (κ3) is 4.34. The zero-order valence-electron chi connectivity index (χ0n) is 26.9. The van der Waals surface area contributed by atoms with Gasteiger partial charge in [-0.15, -0.1) is 0 Å². The molecule has 258 valence electrons. The minimum atomic E-state index is -2.57. The van der Waals surface area contributed by atoms with Gasteiger partial charge in [0.2, 0.25) is 0 Å². The molecule has 6 rings (SSSR count). The lowest BCUT2D eigenvalue weighted by atomic mass is 9.69. The second-order valence-electron chi connectivity index (χ2n) is 12.3. The topological polar surface area (TPSA) is 233 Å². The van der Waals surface area contributed by atoms with Gasteiger partial charge < -0.3 is 49.2 Å². The molecule has 0 radical (unpaired) electrons. The molecule has 49 heavy (non-hydrogen) atoms. The number of aromatic hydroxyl groups is 2. The van der Waals surface area contributed by atoms with Crippen LogP contribution in [0.1, 0.15) is 49.8 Å². The number of aliphatic hydroxyl groups is 3. The average Bonchev–Trinajstić information content (AvgIpc) is 3.04. The predicted octanol–water partition coefficient (Wildman–Crippen LogP) is 2.48. The van der Waals surface area contributed by atoms with E-state index in [1.807, 2.05) is 0 Å². The predicted molar refractivity (Wildman–Crippen MR) is 164 cm³/mol. The highest BCUT2D eigenvalue weighted by Crippen LogP contribution is 2.57. The highest BCUT2D eigenvalue weighted by atomic mass is 16.6. The van der Waals surface area contributed by atoms with Gasteiger partial charge in [0.05, 0.1) is 25.4 Å². The van der Waals surface area contributed by atoms with Crippen LogP contribution in [0.2, 0.25) is 0 Å². The number of aliphatic hydroxyl groups excluding tert-OH is 3. The van der Waals surface area contributed by atoms with E-state index in [1.165, 1.54) is 26.0 Å². The molecule has 0 spiro atoms. The number of Topliss-reactive ketones (excluding diaryl/α,β-unsaturated/α-hetero) is 2. The molecule has 2 aliphatic carbocycles. The third-order valence-electron chi connectivity index (χ3n) is 9.48. The Morgan fingerprint density at radius 3 is 2.12 bits per heavy atom. The first-order chi connectivity index (χ1) is 23.1. The van der Waals surface area contributed by atoms with Gasteiger partial charge in [0, 0.05) is 30.9 Å².